The van der Waals surface area contributed by atoms with Crippen molar-refractivity contribution in [2.24, 2.45) is 5.92 Å². The fourth-order valence-electron chi connectivity index (χ4n) is 2.18. The smallest absolute Gasteiger partial charge is 0.335 e. The maximum atomic E-state index is 11.7. The van der Waals surface area contributed by atoms with Gasteiger partial charge in [0.25, 0.3) is 0 Å². The lowest BCUT2D eigenvalue weighted by atomic mass is 10.1. The van der Waals surface area contributed by atoms with E-state index in [4.69, 9.17) is 5.11 Å². The summed E-state index contributed by atoms with van der Waals surface area (Å²) in [5, 5.41) is 14.5. The van der Waals surface area contributed by atoms with E-state index in [-0.39, 0.29) is 17.6 Å². The van der Waals surface area contributed by atoms with Crippen molar-refractivity contribution in [3.63, 3.8) is 0 Å². The van der Waals surface area contributed by atoms with Crippen LogP contribution in [0.25, 0.3) is 0 Å². The van der Waals surface area contributed by atoms with E-state index in [1.807, 2.05) is 6.92 Å². The van der Waals surface area contributed by atoms with Crippen LogP contribution in [0.3, 0.4) is 0 Å². The first-order valence-electron chi connectivity index (χ1n) is 7.25. The Morgan fingerprint density at radius 2 is 1.76 bits per heavy atom. The summed E-state index contributed by atoms with van der Waals surface area (Å²) < 4.78 is 0. The monoisotopic (exact) mass is 292 g/mol. The largest absolute Gasteiger partial charge is 0.478 e. The van der Waals surface area contributed by atoms with E-state index in [1.165, 1.54) is 0 Å². The molecule has 116 valence electrons. The Morgan fingerprint density at radius 1 is 1.14 bits per heavy atom. The van der Waals surface area contributed by atoms with E-state index in [0.717, 1.165) is 12.0 Å². The van der Waals surface area contributed by atoms with Crippen LogP contribution in [0.15, 0.2) is 24.3 Å². The van der Waals surface area contributed by atoms with Crippen LogP contribution in [0.5, 0.6) is 0 Å². The van der Waals surface area contributed by atoms with Crippen molar-refractivity contribution in [1.82, 2.24) is 10.6 Å². The molecule has 0 heterocycles. The Bertz CT molecular complexity index is 469. The Morgan fingerprint density at radius 3 is 2.29 bits per heavy atom. The zero-order chi connectivity index (χ0) is 15.8. The quantitative estimate of drug-likeness (QED) is 0.723. The van der Waals surface area contributed by atoms with Crippen LogP contribution in [0, 0.1) is 5.92 Å². The number of hydrogen-bond donors (Lipinski definition) is 3. The average Bonchev–Trinajstić information content (AvgIpc) is 2.38. The number of carboxylic acid groups (broad SMARTS) is 1. The number of rotatable bonds is 7. The zero-order valence-corrected chi connectivity index (χ0v) is 12.8. The number of hydrogen-bond acceptors (Lipinski definition) is 2. The Hall–Kier alpha value is -2.04. The Labute approximate surface area is 125 Å². The van der Waals surface area contributed by atoms with Crippen LogP contribution in [-0.4, -0.2) is 29.7 Å². The van der Waals surface area contributed by atoms with Gasteiger partial charge in [-0.3, -0.25) is 0 Å². The average molecular weight is 292 g/mol. The van der Waals surface area contributed by atoms with Crippen LogP contribution >= 0.6 is 0 Å². The molecule has 0 saturated heterocycles. The third kappa shape index (κ3) is 6.79. The molecule has 0 aliphatic heterocycles. The molecule has 1 atom stereocenters. The minimum atomic E-state index is -0.932. The molecule has 0 saturated carbocycles. The maximum absolute atomic E-state index is 11.7. The third-order valence-electron chi connectivity index (χ3n) is 3.10. The first-order chi connectivity index (χ1) is 9.88. The van der Waals surface area contributed by atoms with Gasteiger partial charge in [-0.2, -0.15) is 0 Å². The molecule has 5 heteroatoms. The predicted molar refractivity (Wildman–Crippen MR) is 82.6 cm³/mol. The highest BCUT2D eigenvalue weighted by atomic mass is 16.4. The minimum Gasteiger partial charge on any atom is -0.478 e. The second kappa shape index (κ2) is 8.29. The molecule has 2 amide bonds. The lowest BCUT2D eigenvalue weighted by Gasteiger charge is -2.16. The van der Waals surface area contributed by atoms with E-state index in [2.05, 4.69) is 24.5 Å². The van der Waals surface area contributed by atoms with Gasteiger partial charge in [0.1, 0.15) is 0 Å². The molecule has 1 aromatic rings. The van der Waals surface area contributed by atoms with Crippen LogP contribution in [0.1, 0.15) is 43.1 Å². The van der Waals surface area contributed by atoms with Crippen molar-refractivity contribution in [2.75, 3.05) is 6.54 Å². The van der Waals surface area contributed by atoms with Gasteiger partial charge >= 0.3 is 12.0 Å². The molecule has 0 aliphatic carbocycles. The summed E-state index contributed by atoms with van der Waals surface area (Å²) in [4.78, 5) is 22.4. The molecule has 0 aliphatic rings. The van der Waals surface area contributed by atoms with Crippen LogP contribution in [0.2, 0.25) is 0 Å². The third-order valence-corrected chi connectivity index (χ3v) is 3.10. The van der Waals surface area contributed by atoms with E-state index in [9.17, 15) is 9.59 Å². The highest BCUT2D eigenvalue weighted by molar-refractivity contribution is 5.87. The standard InChI is InChI=1S/C16H24N2O3/c1-11(2)10-12(3)18-16(21)17-9-8-13-4-6-14(7-5-13)15(19)20/h4-7,11-12H,8-10H2,1-3H3,(H,19,20)(H2,17,18,21). The van der Waals surface area contributed by atoms with Crippen LogP contribution in [0.4, 0.5) is 4.79 Å². The number of benzene rings is 1. The topological polar surface area (TPSA) is 78.4 Å². The zero-order valence-electron chi connectivity index (χ0n) is 12.8. The molecule has 0 aromatic heterocycles. The number of urea groups is 1. The fourth-order valence-corrected chi connectivity index (χ4v) is 2.18. The first-order valence-corrected chi connectivity index (χ1v) is 7.25. The summed E-state index contributed by atoms with van der Waals surface area (Å²) in [6.07, 6.45) is 1.62. The van der Waals surface area contributed by atoms with Gasteiger partial charge in [-0.1, -0.05) is 26.0 Å². The highest BCUT2D eigenvalue weighted by Crippen LogP contribution is 2.05. The molecular weight excluding hydrogens is 268 g/mol. The number of carbonyl (C=O) groups excluding carboxylic acids is 1. The maximum Gasteiger partial charge on any atom is 0.335 e. The van der Waals surface area contributed by atoms with Crippen LogP contribution in [-0.2, 0) is 6.42 Å². The van der Waals surface area contributed by atoms with E-state index in [0.29, 0.717) is 18.9 Å². The summed E-state index contributed by atoms with van der Waals surface area (Å²) in [6, 6.07) is 6.67. The van der Waals surface area contributed by atoms with Gasteiger partial charge in [-0.05, 0) is 43.4 Å². The first kappa shape index (κ1) is 17.0. The predicted octanol–water partition coefficient (Wildman–Crippen LogP) is 2.66. The molecule has 3 N–H and O–H groups in total. The van der Waals surface area contributed by atoms with Gasteiger partial charge in [0.2, 0.25) is 0 Å². The van der Waals surface area contributed by atoms with Gasteiger partial charge in [0, 0.05) is 12.6 Å². The van der Waals surface area contributed by atoms with Crippen LogP contribution < -0.4 is 10.6 Å². The normalized spacial score (nSPS) is 12.0. The molecule has 21 heavy (non-hydrogen) atoms. The van der Waals surface area contributed by atoms with Crippen molar-refractivity contribution >= 4 is 12.0 Å². The summed E-state index contributed by atoms with van der Waals surface area (Å²) in [7, 11) is 0. The molecule has 0 spiro atoms. The number of aromatic carboxylic acids is 1. The van der Waals surface area contributed by atoms with Gasteiger partial charge in [-0.15, -0.1) is 0 Å². The molecule has 1 aromatic carbocycles. The number of carbonyl (C=O) groups is 2. The number of carboxylic acids is 1. The van der Waals surface area contributed by atoms with E-state index >= 15 is 0 Å². The van der Waals surface area contributed by atoms with Crippen molar-refractivity contribution in [3.8, 4) is 0 Å². The summed E-state index contributed by atoms with van der Waals surface area (Å²) in [6.45, 7) is 6.75. The summed E-state index contributed by atoms with van der Waals surface area (Å²) in [5.74, 6) is -0.383. The lowest BCUT2D eigenvalue weighted by Crippen LogP contribution is -2.41. The number of amides is 2. The molecule has 0 radical (unpaired) electrons. The molecule has 0 bridgehead atoms. The highest BCUT2D eigenvalue weighted by Gasteiger charge is 2.08. The van der Waals surface area contributed by atoms with Gasteiger partial charge in [-0.25, -0.2) is 9.59 Å². The van der Waals surface area contributed by atoms with Crippen molar-refractivity contribution in [2.45, 2.75) is 39.7 Å². The SMILES string of the molecule is CC(C)CC(C)NC(=O)NCCc1ccc(C(=O)O)cc1. The van der Waals surface area contributed by atoms with Crippen molar-refractivity contribution < 1.29 is 14.7 Å². The molecular formula is C16H24N2O3. The second-order valence-corrected chi connectivity index (χ2v) is 5.68. The van der Waals surface area contributed by atoms with Gasteiger partial charge < -0.3 is 15.7 Å². The molecule has 1 rings (SSSR count). The Balaban J connectivity index is 2.29. The van der Waals surface area contributed by atoms with Crippen molar-refractivity contribution in [3.05, 3.63) is 35.4 Å². The van der Waals surface area contributed by atoms with Gasteiger partial charge in [0.15, 0.2) is 0 Å². The summed E-state index contributed by atoms with van der Waals surface area (Å²) in [5.41, 5.74) is 1.27. The second-order valence-electron chi connectivity index (χ2n) is 5.68. The van der Waals surface area contributed by atoms with Crippen molar-refractivity contribution in [1.29, 1.82) is 0 Å². The minimum absolute atomic E-state index is 0.153. The molecule has 0 fully saturated rings. The van der Waals surface area contributed by atoms with E-state index in [1.54, 1.807) is 24.3 Å². The van der Waals surface area contributed by atoms with E-state index < -0.39 is 5.97 Å². The van der Waals surface area contributed by atoms with Gasteiger partial charge in [0.05, 0.1) is 5.56 Å². The number of nitrogens with one attached hydrogen (secondary N) is 2. The Kier molecular flexibility index (Phi) is 6.72. The lowest BCUT2D eigenvalue weighted by molar-refractivity contribution is 0.0697. The molecule has 1 unspecified atom stereocenters. The molecule has 5 nitrogen and oxygen atoms in total. The summed E-state index contributed by atoms with van der Waals surface area (Å²) >= 11 is 0. The fraction of sp³-hybridized carbons (Fsp3) is 0.500.